The molecule has 0 aliphatic heterocycles. The van der Waals surface area contributed by atoms with Gasteiger partial charge in [0, 0.05) is 6.04 Å². The summed E-state index contributed by atoms with van der Waals surface area (Å²) in [6.45, 7) is 1.80. The van der Waals surface area contributed by atoms with E-state index in [9.17, 15) is 4.79 Å². The molecule has 18 heavy (non-hydrogen) atoms. The number of nitrogens with two attached hydrogens (primary N) is 1. The summed E-state index contributed by atoms with van der Waals surface area (Å²) in [5.41, 5.74) is 6.80. The van der Waals surface area contributed by atoms with E-state index in [1.165, 1.54) is 7.11 Å². The van der Waals surface area contributed by atoms with Crippen LogP contribution < -0.4 is 15.2 Å². The third kappa shape index (κ3) is 4.25. The zero-order chi connectivity index (χ0) is 13.5. The lowest BCUT2D eigenvalue weighted by Gasteiger charge is -2.12. The van der Waals surface area contributed by atoms with Gasteiger partial charge in [-0.25, -0.2) is 4.79 Å². The van der Waals surface area contributed by atoms with Gasteiger partial charge in [-0.1, -0.05) is 6.07 Å². The van der Waals surface area contributed by atoms with Gasteiger partial charge in [0.1, 0.15) is 0 Å². The van der Waals surface area contributed by atoms with Gasteiger partial charge in [-0.15, -0.1) is 0 Å². The molecule has 0 fully saturated rings. The van der Waals surface area contributed by atoms with Crippen LogP contribution in [0.1, 0.15) is 12.5 Å². The number of hydrogen-bond acceptors (Lipinski definition) is 5. The number of carbonyl (C=O) groups is 1. The van der Waals surface area contributed by atoms with E-state index in [2.05, 4.69) is 4.74 Å². The molecule has 0 aromatic heterocycles. The summed E-state index contributed by atoms with van der Waals surface area (Å²) in [4.78, 5) is 11.0. The van der Waals surface area contributed by atoms with Gasteiger partial charge < -0.3 is 19.9 Å². The number of esters is 1. The highest BCUT2D eigenvalue weighted by Crippen LogP contribution is 2.28. The molecule has 1 rings (SSSR count). The molecule has 0 saturated carbocycles. The number of benzene rings is 1. The first-order valence-electron chi connectivity index (χ1n) is 5.69. The van der Waals surface area contributed by atoms with E-state index in [4.69, 9.17) is 15.2 Å². The molecule has 0 saturated heterocycles. The molecule has 0 spiro atoms. The first kappa shape index (κ1) is 14.3. The summed E-state index contributed by atoms with van der Waals surface area (Å²) < 4.78 is 15.0. The second kappa shape index (κ2) is 6.86. The summed E-state index contributed by atoms with van der Waals surface area (Å²) >= 11 is 0. The Bertz CT molecular complexity index is 404. The minimum absolute atomic E-state index is 0.0801. The van der Waals surface area contributed by atoms with Crippen molar-refractivity contribution in [1.29, 1.82) is 0 Å². The summed E-state index contributed by atoms with van der Waals surface area (Å²) in [6, 6.07) is 5.60. The summed E-state index contributed by atoms with van der Waals surface area (Å²) in [5.74, 6) is 0.657. The normalized spacial score (nSPS) is 11.8. The maximum Gasteiger partial charge on any atom is 0.343 e. The average Bonchev–Trinajstić information content (AvgIpc) is 2.35. The summed E-state index contributed by atoms with van der Waals surface area (Å²) in [5, 5.41) is 0. The van der Waals surface area contributed by atoms with E-state index < -0.39 is 5.97 Å². The van der Waals surface area contributed by atoms with Crippen LogP contribution >= 0.6 is 0 Å². The Morgan fingerprint density at radius 1 is 1.33 bits per heavy atom. The Hall–Kier alpha value is -1.75. The molecule has 1 aromatic rings. The molecule has 2 N–H and O–H groups in total. The molecule has 0 aliphatic rings. The maximum atomic E-state index is 11.0. The van der Waals surface area contributed by atoms with E-state index in [-0.39, 0.29) is 12.6 Å². The molecular formula is C13H19NO4. The Balaban J connectivity index is 2.76. The van der Waals surface area contributed by atoms with Crippen LogP contribution in [0.5, 0.6) is 11.5 Å². The molecular weight excluding hydrogens is 234 g/mol. The van der Waals surface area contributed by atoms with Crippen molar-refractivity contribution < 1.29 is 19.0 Å². The zero-order valence-corrected chi connectivity index (χ0v) is 10.9. The molecule has 1 unspecified atom stereocenters. The first-order chi connectivity index (χ1) is 8.56. The lowest BCUT2D eigenvalue weighted by atomic mass is 10.1. The smallest absolute Gasteiger partial charge is 0.343 e. The maximum absolute atomic E-state index is 11.0. The Kier molecular flexibility index (Phi) is 5.45. The Morgan fingerprint density at radius 3 is 2.61 bits per heavy atom. The molecule has 0 radical (unpaired) electrons. The molecule has 5 heteroatoms. The van der Waals surface area contributed by atoms with Crippen molar-refractivity contribution in [2.45, 2.75) is 19.4 Å². The largest absolute Gasteiger partial charge is 0.493 e. The first-order valence-corrected chi connectivity index (χ1v) is 5.69. The predicted molar refractivity (Wildman–Crippen MR) is 67.9 cm³/mol. The zero-order valence-electron chi connectivity index (χ0n) is 10.9. The minimum atomic E-state index is -0.434. The van der Waals surface area contributed by atoms with Gasteiger partial charge in [0.2, 0.25) is 0 Å². The number of rotatable bonds is 6. The topological polar surface area (TPSA) is 70.8 Å². The fraction of sp³-hybridized carbons (Fsp3) is 0.462. The van der Waals surface area contributed by atoms with E-state index in [1.807, 2.05) is 19.1 Å². The van der Waals surface area contributed by atoms with Crippen molar-refractivity contribution in [3.8, 4) is 11.5 Å². The molecule has 1 aromatic carbocycles. The fourth-order valence-corrected chi connectivity index (χ4v) is 1.53. The Labute approximate surface area is 107 Å². The van der Waals surface area contributed by atoms with Gasteiger partial charge in [-0.3, -0.25) is 0 Å². The molecule has 0 aliphatic carbocycles. The minimum Gasteiger partial charge on any atom is -0.493 e. The third-order valence-corrected chi connectivity index (χ3v) is 2.36. The number of carbonyl (C=O) groups excluding carboxylic acids is 1. The third-order valence-electron chi connectivity index (χ3n) is 2.36. The molecule has 0 amide bonds. The van der Waals surface area contributed by atoms with Crippen molar-refractivity contribution in [2.24, 2.45) is 5.73 Å². The number of hydrogen-bond donors (Lipinski definition) is 1. The van der Waals surface area contributed by atoms with Crippen molar-refractivity contribution >= 4 is 5.97 Å². The van der Waals surface area contributed by atoms with Crippen LogP contribution in [0.3, 0.4) is 0 Å². The highest BCUT2D eigenvalue weighted by atomic mass is 16.6. The van der Waals surface area contributed by atoms with E-state index >= 15 is 0 Å². The van der Waals surface area contributed by atoms with Gasteiger partial charge in [0.15, 0.2) is 18.1 Å². The highest BCUT2D eigenvalue weighted by molar-refractivity contribution is 5.71. The number of ether oxygens (including phenoxy) is 3. The molecule has 100 valence electrons. The van der Waals surface area contributed by atoms with E-state index in [1.54, 1.807) is 13.2 Å². The van der Waals surface area contributed by atoms with Crippen LogP contribution in [0, 0.1) is 0 Å². The number of methoxy groups -OCH3 is 2. The van der Waals surface area contributed by atoms with Crippen LogP contribution in [0.2, 0.25) is 0 Å². The predicted octanol–water partition coefficient (Wildman–Crippen LogP) is 1.14. The van der Waals surface area contributed by atoms with Gasteiger partial charge >= 0.3 is 5.97 Å². The summed E-state index contributed by atoms with van der Waals surface area (Å²) in [6.07, 6.45) is 0.758. The lowest BCUT2D eigenvalue weighted by molar-refractivity contribution is -0.142. The molecule has 1 atom stereocenters. The highest BCUT2D eigenvalue weighted by Gasteiger charge is 2.09. The van der Waals surface area contributed by atoms with Crippen molar-refractivity contribution in [1.82, 2.24) is 0 Å². The second-order valence-corrected chi connectivity index (χ2v) is 4.03. The van der Waals surface area contributed by atoms with Gasteiger partial charge in [0.25, 0.3) is 0 Å². The second-order valence-electron chi connectivity index (χ2n) is 4.03. The van der Waals surface area contributed by atoms with Crippen molar-refractivity contribution in [3.63, 3.8) is 0 Å². The van der Waals surface area contributed by atoms with Crippen LogP contribution in [-0.2, 0) is 16.0 Å². The van der Waals surface area contributed by atoms with Crippen LogP contribution in [0.15, 0.2) is 18.2 Å². The average molecular weight is 253 g/mol. The molecule has 0 bridgehead atoms. The molecule has 0 heterocycles. The van der Waals surface area contributed by atoms with Gasteiger partial charge in [0.05, 0.1) is 14.2 Å². The monoisotopic (exact) mass is 253 g/mol. The van der Waals surface area contributed by atoms with Gasteiger partial charge in [-0.2, -0.15) is 0 Å². The standard InChI is InChI=1S/C13H19NO4/c1-9(14)6-10-4-5-11(12(7-10)16-2)18-8-13(15)17-3/h4-5,7,9H,6,8,14H2,1-3H3. The summed E-state index contributed by atoms with van der Waals surface area (Å²) in [7, 11) is 2.87. The Morgan fingerprint density at radius 2 is 2.06 bits per heavy atom. The fourth-order valence-electron chi connectivity index (χ4n) is 1.53. The van der Waals surface area contributed by atoms with Gasteiger partial charge in [-0.05, 0) is 31.0 Å². The molecule has 5 nitrogen and oxygen atoms in total. The van der Waals surface area contributed by atoms with Crippen molar-refractivity contribution in [3.05, 3.63) is 23.8 Å². The van der Waals surface area contributed by atoms with Crippen molar-refractivity contribution in [2.75, 3.05) is 20.8 Å². The van der Waals surface area contributed by atoms with Crippen LogP contribution in [0.4, 0.5) is 0 Å². The van der Waals surface area contributed by atoms with Crippen LogP contribution in [-0.4, -0.2) is 32.8 Å². The SMILES string of the molecule is COC(=O)COc1ccc(CC(C)N)cc1OC. The van der Waals surface area contributed by atoms with E-state index in [0.717, 1.165) is 12.0 Å². The van der Waals surface area contributed by atoms with E-state index in [0.29, 0.717) is 11.5 Å². The lowest BCUT2D eigenvalue weighted by Crippen LogP contribution is -2.17. The quantitative estimate of drug-likeness (QED) is 0.770. The van der Waals surface area contributed by atoms with Crippen LogP contribution in [0.25, 0.3) is 0 Å².